The van der Waals surface area contributed by atoms with Crippen LogP contribution in [0.5, 0.6) is 0 Å². The first-order valence-corrected chi connectivity index (χ1v) is 7.07. The van der Waals surface area contributed by atoms with Gasteiger partial charge in [-0.25, -0.2) is 4.68 Å². The van der Waals surface area contributed by atoms with Crippen LogP contribution in [0.2, 0.25) is 0 Å². The molecule has 0 saturated carbocycles. The van der Waals surface area contributed by atoms with Crippen LogP contribution in [0.1, 0.15) is 23.9 Å². The zero-order valence-electron chi connectivity index (χ0n) is 12.7. The summed E-state index contributed by atoms with van der Waals surface area (Å²) in [7, 11) is 0. The quantitative estimate of drug-likeness (QED) is 0.853. The number of esters is 1. The van der Waals surface area contributed by atoms with Gasteiger partial charge in [0.1, 0.15) is 6.04 Å². The summed E-state index contributed by atoms with van der Waals surface area (Å²) in [5, 5.41) is 4.55. The van der Waals surface area contributed by atoms with Crippen LogP contribution in [0.15, 0.2) is 30.3 Å². The highest BCUT2D eigenvalue weighted by molar-refractivity contribution is 5.76. The van der Waals surface area contributed by atoms with E-state index in [4.69, 9.17) is 10.5 Å². The van der Waals surface area contributed by atoms with Crippen LogP contribution in [0.3, 0.4) is 0 Å². The van der Waals surface area contributed by atoms with Crippen molar-refractivity contribution >= 4 is 5.97 Å². The minimum atomic E-state index is -0.657. The first kappa shape index (κ1) is 15.3. The van der Waals surface area contributed by atoms with Crippen molar-refractivity contribution in [1.29, 1.82) is 0 Å². The normalized spacial score (nSPS) is 12.2. The Bertz CT molecular complexity index is 620. The van der Waals surface area contributed by atoms with Crippen molar-refractivity contribution in [1.82, 2.24) is 9.78 Å². The number of hydrogen-bond donors (Lipinski definition) is 1. The number of hydrogen-bond acceptors (Lipinski definition) is 4. The summed E-state index contributed by atoms with van der Waals surface area (Å²) in [6.45, 7) is 6.03. The van der Waals surface area contributed by atoms with Crippen LogP contribution in [-0.4, -0.2) is 28.4 Å². The summed E-state index contributed by atoms with van der Waals surface area (Å²) in [6.07, 6.45) is 0.434. The van der Waals surface area contributed by atoms with E-state index in [0.717, 1.165) is 22.6 Å². The zero-order valence-corrected chi connectivity index (χ0v) is 12.7. The van der Waals surface area contributed by atoms with Crippen LogP contribution in [0, 0.1) is 13.8 Å². The molecule has 0 bridgehead atoms. The number of benzene rings is 1. The first-order valence-electron chi connectivity index (χ1n) is 7.07. The fourth-order valence-corrected chi connectivity index (χ4v) is 2.34. The molecule has 1 aromatic carbocycles. The van der Waals surface area contributed by atoms with Crippen LogP contribution in [-0.2, 0) is 16.0 Å². The molecule has 0 aliphatic rings. The molecule has 0 amide bonds. The molecule has 1 heterocycles. The van der Waals surface area contributed by atoms with Crippen LogP contribution >= 0.6 is 0 Å². The molecule has 2 aromatic rings. The minimum absolute atomic E-state index is 0.341. The third-order valence-electron chi connectivity index (χ3n) is 3.46. The van der Waals surface area contributed by atoms with Crippen LogP contribution < -0.4 is 5.73 Å². The third kappa shape index (κ3) is 3.31. The van der Waals surface area contributed by atoms with Crippen molar-refractivity contribution in [3.8, 4) is 5.69 Å². The molecule has 5 nitrogen and oxygen atoms in total. The van der Waals surface area contributed by atoms with Crippen molar-refractivity contribution < 1.29 is 9.53 Å². The molecule has 1 atom stereocenters. The molecule has 0 aliphatic heterocycles. The standard InChI is InChI=1S/C16H21N3O2/c1-4-21-16(20)15(17)10-14-11(2)18-19(12(14)3)13-8-6-5-7-9-13/h5-9,15H,4,10,17H2,1-3H3. The van der Waals surface area contributed by atoms with Gasteiger partial charge in [-0.15, -0.1) is 0 Å². The van der Waals surface area contributed by atoms with Gasteiger partial charge in [0.05, 0.1) is 18.0 Å². The minimum Gasteiger partial charge on any atom is -0.465 e. The van der Waals surface area contributed by atoms with Gasteiger partial charge in [-0.2, -0.15) is 5.10 Å². The van der Waals surface area contributed by atoms with E-state index >= 15 is 0 Å². The predicted molar refractivity (Wildman–Crippen MR) is 81.4 cm³/mol. The molecule has 21 heavy (non-hydrogen) atoms. The van der Waals surface area contributed by atoms with Gasteiger partial charge >= 0.3 is 5.97 Å². The molecular weight excluding hydrogens is 266 g/mol. The van der Waals surface area contributed by atoms with Gasteiger partial charge in [-0.1, -0.05) is 18.2 Å². The Labute approximate surface area is 124 Å². The number of carbonyl (C=O) groups excluding carboxylic acids is 1. The lowest BCUT2D eigenvalue weighted by molar-refractivity contribution is -0.144. The fourth-order valence-electron chi connectivity index (χ4n) is 2.34. The highest BCUT2D eigenvalue weighted by Gasteiger charge is 2.20. The zero-order chi connectivity index (χ0) is 15.4. The molecule has 2 N–H and O–H groups in total. The summed E-state index contributed by atoms with van der Waals surface area (Å²) < 4.78 is 6.83. The summed E-state index contributed by atoms with van der Waals surface area (Å²) >= 11 is 0. The SMILES string of the molecule is CCOC(=O)C(N)Cc1c(C)nn(-c2ccccc2)c1C. The number of carbonyl (C=O) groups is 1. The molecule has 2 rings (SSSR count). The van der Waals surface area contributed by atoms with Crippen molar-refractivity contribution in [2.75, 3.05) is 6.61 Å². The van der Waals surface area contributed by atoms with Crippen molar-refractivity contribution in [3.63, 3.8) is 0 Å². The van der Waals surface area contributed by atoms with Crippen molar-refractivity contribution in [3.05, 3.63) is 47.3 Å². The van der Waals surface area contributed by atoms with Crippen LogP contribution in [0.25, 0.3) is 5.69 Å². The Balaban J connectivity index is 2.26. The second kappa shape index (κ2) is 6.54. The second-order valence-corrected chi connectivity index (χ2v) is 4.96. The number of nitrogens with zero attached hydrogens (tertiary/aromatic N) is 2. The predicted octanol–water partition coefficient (Wildman–Crippen LogP) is 1.92. The third-order valence-corrected chi connectivity index (χ3v) is 3.46. The lowest BCUT2D eigenvalue weighted by Crippen LogP contribution is -2.34. The summed E-state index contributed by atoms with van der Waals surface area (Å²) in [6, 6.07) is 9.23. The summed E-state index contributed by atoms with van der Waals surface area (Å²) in [5.74, 6) is -0.372. The van der Waals surface area contributed by atoms with E-state index in [9.17, 15) is 4.79 Å². The van der Waals surface area contributed by atoms with E-state index < -0.39 is 6.04 Å². The maximum atomic E-state index is 11.7. The Morgan fingerprint density at radius 1 is 1.33 bits per heavy atom. The maximum absolute atomic E-state index is 11.7. The Morgan fingerprint density at radius 2 is 2.00 bits per heavy atom. The number of ether oxygens (including phenoxy) is 1. The highest BCUT2D eigenvalue weighted by Crippen LogP contribution is 2.19. The number of rotatable bonds is 5. The lowest BCUT2D eigenvalue weighted by Gasteiger charge is -2.11. The average molecular weight is 287 g/mol. The summed E-state index contributed by atoms with van der Waals surface area (Å²) in [4.78, 5) is 11.7. The van der Waals surface area contributed by atoms with Gasteiger partial charge in [-0.05, 0) is 38.5 Å². The van der Waals surface area contributed by atoms with Gasteiger partial charge in [0.15, 0.2) is 0 Å². The van der Waals surface area contributed by atoms with Crippen molar-refractivity contribution in [2.45, 2.75) is 33.2 Å². The van der Waals surface area contributed by atoms with Gasteiger partial charge in [0.2, 0.25) is 0 Å². The number of aromatic nitrogens is 2. The molecule has 1 aromatic heterocycles. The topological polar surface area (TPSA) is 70.1 Å². The van der Waals surface area contributed by atoms with Gasteiger partial charge in [0.25, 0.3) is 0 Å². The van der Waals surface area contributed by atoms with E-state index in [0.29, 0.717) is 13.0 Å². The number of nitrogens with two attached hydrogens (primary N) is 1. The van der Waals surface area contributed by atoms with E-state index in [2.05, 4.69) is 5.10 Å². The molecule has 0 saturated heterocycles. The lowest BCUT2D eigenvalue weighted by atomic mass is 10.0. The maximum Gasteiger partial charge on any atom is 0.323 e. The Kier molecular flexibility index (Phi) is 4.75. The molecule has 0 aliphatic carbocycles. The summed E-state index contributed by atoms with van der Waals surface area (Å²) in [5.41, 5.74) is 9.79. The van der Waals surface area contributed by atoms with Gasteiger partial charge in [0, 0.05) is 12.1 Å². The molecule has 0 radical (unpaired) electrons. The van der Waals surface area contributed by atoms with Crippen molar-refractivity contribution in [2.24, 2.45) is 5.73 Å². The highest BCUT2D eigenvalue weighted by atomic mass is 16.5. The molecule has 112 valence electrons. The molecule has 0 spiro atoms. The first-order chi connectivity index (χ1) is 10.0. The van der Waals surface area contributed by atoms with E-state index in [1.165, 1.54) is 0 Å². The monoisotopic (exact) mass is 287 g/mol. The van der Waals surface area contributed by atoms with Gasteiger partial charge < -0.3 is 10.5 Å². The van der Waals surface area contributed by atoms with E-state index in [1.54, 1.807) is 6.92 Å². The second-order valence-electron chi connectivity index (χ2n) is 4.96. The Hall–Kier alpha value is -2.14. The number of aryl methyl sites for hydroxylation is 1. The number of para-hydroxylation sites is 1. The van der Waals surface area contributed by atoms with Crippen LogP contribution in [0.4, 0.5) is 0 Å². The average Bonchev–Trinajstić information content (AvgIpc) is 2.76. The Morgan fingerprint density at radius 3 is 2.62 bits per heavy atom. The molecule has 1 unspecified atom stereocenters. The smallest absolute Gasteiger partial charge is 0.323 e. The fraction of sp³-hybridized carbons (Fsp3) is 0.375. The molecule has 0 fully saturated rings. The van der Waals surface area contributed by atoms with E-state index in [-0.39, 0.29) is 5.97 Å². The molecule has 5 heteroatoms. The van der Waals surface area contributed by atoms with E-state index in [1.807, 2.05) is 48.9 Å². The van der Waals surface area contributed by atoms with Gasteiger partial charge in [-0.3, -0.25) is 4.79 Å². The largest absolute Gasteiger partial charge is 0.465 e. The molecular formula is C16H21N3O2.